The number of hydrogen-bond acceptors (Lipinski definition) is 16. The molecule has 21 heteroatoms. The van der Waals surface area contributed by atoms with E-state index in [1.54, 1.807) is 141 Å². The average Bonchev–Trinajstić information content (AvgIpc) is 3.99. The molecule has 0 spiro atoms. The van der Waals surface area contributed by atoms with Crippen molar-refractivity contribution in [2.75, 3.05) is 26.2 Å². The van der Waals surface area contributed by atoms with Crippen molar-refractivity contribution in [2.24, 2.45) is 0 Å². The van der Waals surface area contributed by atoms with E-state index in [1.807, 2.05) is 4.90 Å². The molecule has 7 heterocycles. The summed E-state index contributed by atoms with van der Waals surface area (Å²) in [6.07, 6.45) is -0.984. The van der Waals surface area contributed by atoms with Crippen LogP contribution in [0.5, 0.6) is 0 Å². The molecule has 0 aromatic heterocycles. The highest BCUT2D eigenvalue weighted by Gasteiger charge is 2.54. The fraction of sp³-hybridized carbons (Fsp3) is 0.489. The zero-order valence-corrected chi connectivity index (χ0v) is 47.9. The molecule has 3 aromatic rings. The topological polar surface area (TPSA) is 135 Å². The molecule has 351 valence electrons. The number of carbonyl (C=O) groups is 4. The lowest BCUT2D eigenvalue weighted by atomic mass is 9.83. The molecule has 3 N–H and O–H groups in total. The summed E-state index contributed by atoms with van der Waals surface area (Å²) in [5, 5.41) is 32.1. The van der Waals surface area contributed by atoms with Gasteiger partial charge in [0.15, 0.2) is 0 Å². The Morgan fingerprint density at radius 3 is 0.742 bits per heavy atom. The highest BCUT2D eigenvalue weighted by Crippen LogP contribution is 2.74. The molecule has 0 bridgehead atoms. The van der Waals surface area contributed by atoms with E-state index in [1.165, 1.54) is 4.90 Å². The zero-order chi connectivity index (χ0) is 47.7. The van der Waals surface area contributed by atoms with Crippen LogP contribution in [0.2, 0.25) is 0 Å². The smallest absolute Gasteiger partial charge is 0.407 e. The van der Waals surface area contributed by atoms with Crippen LogP contribution in [0.1, 0.15) is 131 Å². The highest BCUT2D eigenvalue weighted by atomic mass is 32.2. The Hall–Kier alpha value is -0.460. The number of piperazine rings is 1. The maximum atomic E-state index is 15.3. The Labute approximate surface area is 436 Å². The summed E-state index contributed by atoms with van der Waals surface area (Å²) in [6, 6.07) is 0. The molecule has 1 saturated heterocycles. The second kappa shape index (κ2) is 16.3. The van der Waals surface area contributed by atoms with Gasteiger partial charge in [-0.3, -0.25) is 4.79 Å². The molecule has 0 saturated carbocycles. The third kappa shape index (κ3) is 8.25. The summed E-state index contributed by atoms with van der Waals surface area (Å²) < 4.78 is -2.35. The van der Waals surface area contributed by atoms with E-state index in [0.29, 0.717) is 29.8 Å². The van der Waals surface area contributed by atoms with Gasteiger partial charge in [-0.1, -0.05) is 0 Å². The second-order valence-corrected chi connectivity index (χ2v) is 40.5. The number of fused-ring (bicyclic) bond motifs is 6. The van der Waals surface area contributed by atoms with Gasteiger partial charge >= 0.3 is 18.0 Å². The molecule has 0 aliphatic carbocycles. The minimum absolute atomic E-state index is 0.0951. The van der Waals surface area contributed by atoms with Crippen LogP contribution in [0.4, 0.5) is 4.79 Å². The molecule has 0 atom stereocenters. The van der Waals surface area contributed by atoms with Crippen LogP contribution in [0, 0.1) is 5.92 Å². The summed E-state index contributed by atoms with van der Waals surface area (Å²) in [5.74, 6) is -1.01. The Balaban J connectivity index is 1.37. The normalized spacial score (nSPS) is 22.8. The first-order chi connectivity index (χ1) is 30.5. The van der Waals surface area contributed by atoms with Crippen molar-refractivity contribution in [3.8, 4) is 0 Å². The Morgan fingerprint density at radius 1 is 0.333 bits per heavy atom. The molecule has 0 unspecified atom stereocenters. The molecule has 2 amide bonds. The van der Waals surface area contributed by atoms with Crippen molar-refractivity contribution in [1.29, 1.82) is 0 Å². The maximum Gasteiger partial charge on any atom is 0.407 e. The number of nitrogens with zero attached hydrogens (tertiary/aromatic N) is 2. The van der Waals surface area contributed by atoms with Crippen LogP contribution >= 0.6 is 141 Å². The number of thioether (sulfide) groups is 12. The Morgan fingerprint density at radius 2 is 0.530 bits per heavy atom. The van der Waals surface area contributed by atoms with Gasteiger partial charge in [0.2, 0.25) is 0 Å². The van der Waals surface area contributed by atoms with Crippen molar-refractivity contribution in [2.45, 2.75) is 166 Å². The minimum Gasteiger partial charge on any atom is -0.478 e. The predicted octanol–water partition coefficient (Wildman–Crippen LogP) is 15.1. The molecule has 66 heavy (non-hydrogen) atoms. The zero-order valence-electron chi connectivity index (χ0n) is 38.1. The lowest BCUT2D eigenvalue weighted by molar-refractivity contribution is 0.0616. The maximum absolute atomic E-state index is 15.3. The van der Waals surface area contributed by atoms with Crippen LogP contribution in [-0.2, 0) is 0 Å². The molecule has 7 aliphatic heterocycles. The van der Waals surface area contributed by atoms with Gasteiger partial charge in [-0.05, 0) is 99.8 Å². The molecule has 1 radical (unpaired) electrons. The van der Waals surface area contributed by atoms with Crippen LogP contribution < -0.4 is 0 Å². The number of benzene rings is 3. The molecule has 3 aromatic carbocycles. The summed E-state index contributed by atoms with van der Waals surface area (Å²) in [4.78, 5) is 68.4. The van der Waals surface area contributed by atoms with Crippen LogP contribution in [0.15, 0.2) is 58.7 Å². The number of hydrogen-bond donors (Lipinski definition) is 3. The number of carbonyl (C=O) groups excluding carboxylic acids is 1. The van der Waals surface area contributed by atoms with Crippen LogP contribution in [0.25, 0.3) is 0 Å². The predicted molar refractivity (Wildman–Crippen MR) is 284 cm³/mol. The van der Waals surface area contributed by atoms with Gasteiger partial charge in [-0.15, -0.1) is 141 Å². The number of carboxylic acids is 2. The van der Waals surface area contributed by atoms with Gasteiger partial charge in [0.1, 0.15) is 0 Å². The fourth-order valence-electron chi connectivity index (χ4n) is 9.12. The second-order valence-electron chi connectivity index (χ2n) is 19.4. The van der Waals surface area contributed by atoms with Crippen molar-refractivity contribution in [3.05, 3.63) is 39.3 Å². The lowest BCUT2D eigenvalue weighted by Crippen LogP contribution is -2.50. The number of rotatable bonds is 6. The van der Waals surface area contributed by atoms with Gasteiger partial charge in [-0.25, -0.2) is 14.4 Å². The molecule has 1 fully saturated rings. The van der Waals surface area contributed by atoms with E-state index < -0.39 is 34.3 Å². The molecule has 9 nitrogen and oxygen atoms in total. The summed E-state index contributed by atoms with van der Waals surface area (Å²) >= 11 is 20.2. The van der Waals surface area contributed by atoms with Crippen molar-refractivity contribution < 1.29 is 34.5 Å². The third-order valence-corrected chi connectivity index (χ3v) is 28.4. The summed E-state index contributed by atoms with van der Waals surface area (Å²) in [6.45, 7) is 27.1. The van der Waals surface area contributed by atoms with Crippen molar-refractivity contribution in [3.63, 3.8) is 0 Å². The first-order valence-electron chi connectivity index (χ1n) is 21.1. The summed E-state index contributed by atoms with van der Waals surface area (Å²) in [5.41, 5.74) is 4.37. The van der Waals surface area contributed by atoms with Gasteiger partial charge in [0.05, 0.1) is 47.1 Å². The quantitative estimate of drug-likeness (QED) is 0.202. The average molecular weight is 1110 g/mol. The highest BCUT2D eigenvalue weighted by molar-refractivity contribution is 8.23. The number of carboxylic acid groups (broad SMARTS) is 3. The van der Waals surface area contributed by atoms with Gasteiger partial charge in [-0.2, -0.15) is 0 Å². The Kier molecular flexibility index (Phi) is 12.1. The van der Waals surface area contributed by atoms with E-state index in [9.17, 15) is 29.7 Å². The fourth-order valence-corrected chi connectivity index (χ4v) is 26.8. The monoisotopic (exact) mass is 1110 g/mol. The van der Waals surface area contributed by atoms with E-state index in [2.05, 4.69) is 83.1 Å². The van der Waals surface area contributed by atoms with Crippen LogP contribution in [0.3, 0.4) is 0 Å². The largest absolute Gasteiger partial charge is 0.478 e. The first kappa shape index (κ1) is 49.1. The minimum atomic E-state index is -0.984. The molecule has 10 rings (SSSR count). The Bertz CT molecular complexity index is 2530. The third-order valence-electron chi connectivity index (χ3n) is 11.4. The number of amides is 2. The SMILES string of the molecule is CC1(C)Sc2c(c(C(=O)O)c3c(c2[C](c2c4c(c(C(=O)O)c5c2SC(C)(C)S5)SC(C)(C)S4)c2c4c(c(C(=O)N5CCN(C(=O)O)CC5)c5c2SC(C)(C)S5)SC(C)(C)S4)SC(C)(C)S3)S1. The van der Waals surface area contributed by atoms with E-state index in [0.717, 1.165) is 81.4 Å². The van der Waals surface area contributed by atoms with E-state index in [4.69, 9.17) is 0 Å². The van der Waals surface area contributed by atoms with Gasteiger partial charge in [0.25, 0.3) is 5.91 Å². The van der Waals surface area contributed by atoms with E-state index >= 15 is 4.79 Å². The molecular weight excluding hydrogens is 1070 g/mol. The summed E-state index contributed by atoms with van der Waals surface area (Å²) in [7, 11) is 0. The molecule has 7 aliphatic rings. The van der Waals surface area contributed by atoms with Gasteiger partial charge < -0.3 is 25.1 Å². The molecular formula is C45H47N2O7S12. The van der Waals surface area contributed by atoms with Gasteiger partial charge in [0, 0.05) is 84.9 Å². The van der Waals surface area contributed by atoms with Crippen molar-refractivity contribution >= 4 is 165 Å². The first-order valence-corrected chi connectivity index (χ1v) is 30.9. The lowest BCUT2D eigenvalue weighted by Gasteiger charge is -2.34. The standard InChI is InChI=1S/C45H47N2O7S12/c1-40(2)55-24-18(25-31(62-41(3,4)56-25)21(30(24)61-40)36(48)46-13-15-47(16-14-46)39(53)54)17(19-26-32(63-42(5,6)57-26)22(37(49)50)33-27(19)58-43(7,8)64-33)20-28-34(65-44(9,10)59-28)23(38(51)52)35-29(20)60-45(11,12)66-35/h13-16H2,1-12H3,(H,49,50)(H,51,52)(H,53,54). The van der Waals surface area contributed by atoms with Crippen LogP contribution in [-0.4, -0.2) is 99.7 Å². The van der Waals surface area contributed by atoms with Crippen molar-refractivity contribution in [1.82, 2.24) is 9.80 Å². The van der Waals surface area contributed by atoms with E-state index in [-0.39, 0.29) is 27.2 Å². The number of aromatic carboxylic acids is 2.